The van der Waals surface area contributed by atoms with Crippen LogP contribution in [0, 0.1) is 0 Å². The number of thioether (sulfide) groups is 1. The number of hydrogen-bond donors (Lipinski definition) is 0. The van der Waals surface area contributed by atoms with Gasteiger partial charge in [-0.05, 0) is 40.6 Å². The van der Waals surface area contributed by atoms with Crippen molar-refractivity contribution in [3.8, 4) is 0 Å². The monoisotopic (exact) mass is 276 g/mol. The second kappa shape index (κ2) is 4.15. The van der Waals surface area contributed by atoms with E-state index < -0.39 is 0 Å². The summed E-state index contributed by atoms with van der Waals surface area (Å²) in [5.74, 6) is 1.45. The summed E-state index contributed by atoms with van der Waals surface area (Å²) < 4.78 is 1.04. The SMILES string of the molecule is O=C(c1csc(Br)c1)C1CCCS1. The molecule has 2 rings (SSSR count). The quantitative estimate of drug-likeness (QED) is 0.768. The van der Waals surface area contributed by atoms with E-state index in [4.69, 9.17) is 0 Å². The fourth-order valence-electron chi connectivity index (χ4n) is 1.41. The molecule has 4 heteroatoms. The maximum Gasteiger partial charge on any atom is 0.176 e. The van der Waals surface area contributed by atoms with Gasteiger partial charge in [0.25, 0.3) is 0 Å². The molecule has 1 aliphatic heterocycles. The van der Waals surface area contributed by atoms with Gasteiger partial charge in [-0.15, -0.1) is 11.3 Å². The minimum absolute atomic E-state index is 0.224. The third-order valence-corrected chi connectivity index (χ3v) is 4.96. The first-order chi connectivity index (χ1) is 6.27. The average Bonchev–Trinajstić information content (AvgIpc) is 2.72. The van der Waals surface area contributed by atoms with Gasteiger partial charge < -0.3 is 0 Å². The van der Waals surface area contributed by atoms with Crippen LogP contribution in [0.4, 0.5) is 0 Å². The summed E-state index contributed by atoms with van der Waals surface area (Å²) >= 11 is 6.74. The van der Waals surface area contributed by atoms with E-state index in [1.165, 1.54) is 6.42 Å². The van der Waals surface area contributed by atoms with Crippen LogP contribution in [0.1, 0.15) is 23.2 Å². The van der Waals surface area contributed by atoms with Crippen LogP contribution in [-0.4, -0.2) is 16.8 Å². The summed E-state index contributed by atoms with van der Waals surface area (Å²) in [5, 5.41) is 2.16. The highest BCUT2D eigenvalue weighted by molar-refractivity contribution is 9.11. The molecule has 1 fully saturated rings. The number of Topliss-reactive ketones (excluding diaryl/α,β-unsaturated/α-hetero) is 1. The molecule has 0 aromatic carbocycles. The minimum Gasteiger partial charge on any atom is -0.293 e. The molecule has 0 amide bonds. The van der Waals surface area contributed by atoms with Crippen LogP contribution in [0.15, 0.2) is 15.2 Å². The zero-order valence-corrected chi connectivity index (χ0v) is 10.2. The lowest BCUT2D eigenvalue weighted by atomic mass is 10.1. The molecule has 0 bridgehead atoms. The van der Waals surface area contributed by atoms with Crippen LogP contribution in [0.25, 0.3) is 0 Å². The molecule has 0 spiro atoms. The van der Waals surface area contributed by atoms with Gasteiger partial charge in [0.05, 0.1) is 9.04 Å². The molecule has 2 heterocycles. The fraction of sp³-hybridized carbons (Fsp3) is 0.444. The van der Waals surface area contributed by atoms with Gasteiger partial charge in [-0.25, -0.2) is 0 Å². The topological polar surface area (TPSA) is 17.1 Å². The van der Waals surface area contributed by atoms with Crippen LogP contribution >= 0.6 is 39.0 Å². The van der Waals surface area contributed by atoms with E-state index in [-0.39, 0.29) is 5.25 Å². The second-order valence-electron chi connectivity index (χ2n) is 3.01. The van der Waals surface area contributed by atoms with E-state index in [0.29, 0.717) is 5.78 Å². The van der Waals surface area contributed by atoms with E-state index in [1.54, 1.807) is 23.1 Å². The van der Waals surface area contributed by atoms with Crippen molar-refractivity contribution in [1.82, 2.24) is 0 Å². The van der Waals surface area contributed by atoms with Crippen molar-refractivity contribution in [2.45, 2.75) is 18.1 Å². The summed E-state index contributed by atoms with van der Waals surface area (Å²) in [4.78, 5) is 11.8. The number of hydrogen-bond acceptors (Lipinski definition) is 3. The number of halogens is 1. The summed E-state index contributed by atoms with van der Waals surface area (Å²) in [7, 11) is 0. The Morgan fingerprint density at radius 1 is 1.62 bits per heavy atom. The van der Waals surface area contributed by atoms with Crippen molar-refractivity contribution in [2.24, 2.45) is 0 Å². The smallest absolute Gasteiger partial charge is 0.176 e. The minimum atomic E-state index is 0.224. The van der Waals surface area contributed by atoms with Gasteiger partial charge in [0.15, 0.2) is 5.78 Å². The molecule has 1 aromatic rings. The molecule has 1 nitrogen and oxygen atoms in total. The van der Waals surface area contributed by atoms with E-state index >= 15 is 0 Å². The van der Waals surface area contributed by atoms with Crippen LogP contribution in [-0.2, 0) is 0 Å². The summed E-state index contributed by atoms with van der Waals surface area (Å²) in [6.07, 6.45) is 2.24. The zero-order chi connectivity index (χ0) is 9.26. The van der Waals surface area contributed by atoms with Crippen LogP contribution < -0.4 is 0 Å². The van der Waals surface area contributed by atoms with E-state index in [9.17, 15) is 4.79 Å². The normalized spacial score (nSPS) is 22.1. The lowest BCUT2D eigenvalue weighted by molar-refractivity contribution is 0.0989. The molecule has 0 saturated carbocycles. The van der Waals surface area contributed by atoms with Crippen molar-refractivity contribution in [2.75, 3.05) is 5.75 Å². The Kier molecular flexibility index (Phi) is 3.11. The van der Waals surface area contributed by atoms with Gasteiger partial charge in [0.2, 0.25) is 0 Å². The predicted octanol–water partition coefficient (Wildman–Crippen LogP) is 3.59. The van der Waals surface area contributed by atoms with Gasteiger partial charge in [0, 0.05) is 10.9 Å². The zero-order valence-electron chi connectivity index (χ0n) is 6.96. The van der Waals surface area contributed by atoms with Gasteiger partial charge in [-0.2, -0.15) is 11.8 Å². The Hall–Kier alpha value is 0.200. The Bertz CT molecular complexity index is 315. The van der Waals surface area contributed by atoms with Crippen molar-refractivity contribution >= 4 is 44.8 Å². The Morgan fingerprint density at radius 3 is 3.00 bits per heavy atom. The van der Waals surface area contributed by atoms with Crippen molar-refractivity contribution in [1.29, 1.82) is 0 Å². The van der Waals surface area contributed by atoms with E-state index in [2.05, 4.69) is 15.9 Å². The highest BCUT2D eigenvalue weighted by atomic mass is 79.9. The van der Waals surface area contributed by atoms with Gasteiger partial charge >= 0.3 is 0 Å². The molecule has 1 saturated heterocycles. The second-order valence-corrected chi connectivity index (χ2v) is 6.61. The Labute approximate surface area is 94.0 Å². The van der Waals surface area contributed by atoms with E-state index in [0.717, 1.165) is 21.5 Å². The number of rotatable bonds is 2. The highest BCUT2D eigenvalue weighted by Crippen LogP contribution is 2.31. The first-order valence-corrected chi connectivity index (χ1v) is 6.89. The molecule has 1 atom stereocenters. The molecular formula is C9H9BrOS2. The highest BCUT2D eigenvalue weighted by Gasteiger charge is 2.24. The first kappa shape index (κ1) is 9.74. The molecule has 1 unspecified atom stereocenters. The van der Waals surface area contributed by atoms with E-state index in [1.807, 2.05) is 11.4 Å². The van der Waals surface area contributed by atoms with Gasteiger partial charge in [0.1, 0.15) is 0 Å². The van der Waals surface area contributed by atoms with Crippen molar-refractivity contribution < 1.29 is 4.79 Å². The number of carbonyl (C=O) groups excluding carboxylic acids is 1. The standard InChI is InChI=1S/C9H9BrOS2/c10-8-4-6(5-13-8)9(11)7-2-1-3-12-7/h4-5,7H,1-3H2. The predicted molar refractivity (Wildman–Crippen MR) is 61.8 cm³/mol. The fourth-order valence-corrected chi connectivity index (χ4v) is 3.79. The lowest BCUT2D eigenvalue weighted by Crippen LogP contribution is -2.12. The molecular weight excluding hydrogens is 268 g/mol. The summed E-state index contributed by atoms with van der Waals surface area (Å²) in [5.41, 5.74) is 0.872. The molecule has 0 aliphatic carbocycles. The largest absolute Gasteiger partial charge is 0.293 e. The summed E-state index contributed by atoms with van der Waals surface area (Å²) in [6.45, 7) is 0. The number of ketones is 1. The van der Waals surface area contributed by atoms with Crippen LogP contribution in [0.3, 0.4) is 0 Å². The molecule has 1 aromatic heterocycles. The van der Waals surface area contributed by atoms with Gasteiger partial charge in [-0.3, -0.25) is 4.79 Å². The Morgan fingerprint density at radius 2 is 2.46 bits per heavy atom. The van der Waals surface area contributed by atoms with Crippen LogP contribution in [0.5, 0.6) is 0 Å². The maximum atomic E-state index is 11.8. The van der Waals surface area contributed by atoms with Crippen molar-refractivity contribution in [3.63, 3.8) is 0 Å². The summed E-state index contributed by atoms with van der Waals surface area (Å²) in [6, 6.07) is 1.92. The maximum absolute atomic E-state index is 11.8. The number of carbonyl (C=O) groups is 1. The van der Waals surface area contributed by atoms with Crippen molar-refractivity contribution in [3.05, 3.63) is 20.8 Å². The van der Waals surface area contributed by atoms with Gasteiger partial charge in [-0.1, -0.05) is 0 Å². The molecule has 0 N–H and O–H groups in total. The third-order valence-electron chi connectivity index (χ3n) is 2.07. The number of thiophene rings is 1. The molecule has 13 heavy (non-hydrogen) atoms. The third kappa shape index (κ3) is 2.17. The molecule has 1 aliphatic rings. The molecule has 0 radical (unpaired) electrons. The molecule has 70 valence electrons. The first-order valence-electron chi connectivity index (χ1n) is 4.17. The Balaban J connectivity index is 2.12. The lowest BCUT2D eigenvalue weighted by Gasteiger charge is -2.03. The van der Waals surface area contributed by atoms with Crippen LogP contribution in [0.2, 0.25) is 0 Å². The average molecular weight is 277 g/mol.